The van der Waals surface area contributed by atoms with Gasteiger partial charge in [0.05, 0.1) is 12.5 Å². The topological polar surface area (TPSA) is 70.1 Å². The van der Waals surface area contributed by atoms with E-state index in [9.17, 15) is 14.7 Å². The van der Waals surface area contributed by atoms with Gasteiger partial charge in [0.2, 0.25) is 0 Å². The molecule has 2 atom stereocenters. The van der Waals surface area contributed by atoms with E-state index in [-0.39, 0.29) is 12.1 Å². The van der Waals surface area contributed by atoms with E-state index in [1.54, 1.807) is 12.0 Å². The Kier molecular flexibility index (Phi) is 5.15. The third-order valence-electron chi connectivity index (χ3n) is 3.99. The second-order valence-electron chi connectivity index (χ2n) is 5.37. The first kappa shape index (κ1) is 15.4. The molecule has 1 aliphatic heterocycles. The number of carboxylic acids is 1. The Morgan fingerprint density at radius 1 is 1.50 bits per heavy atom. The van der Waals surface area contributed by atoms with E-state index in [1.807, 2.05) is 6.92 Å². The van der Waals surface area contributed by atoms with Gasteiger partial charge in [-0.25, -0.2) is 9.59 Å². The Hall–Kier alpha value is -0.950. The third-order valence-corrected chi connectivity index (χ3v) is 5.00. The monoisotopic (exact) mass is 302 g/mol. The molecule has 0 bridgehead atoms. The van der Waals surface area contributed by atoms with Gasteiger partial charge in [0, 0.05) is 25.4 Å². The Labute approximate surface area is 123 Å². The lowest BCUT2D eigenvalue weighted by molar-refractivity contribution is -0.141. The fraction of sp³-hybridized carbons (Fsp3) is 0.846. The minimum atomic E-state index is -0.922. The number of rotatable bonds is 6. The van der Waals surface area contributed by atoms with Crippen molar-refractivity contribution in [3.8, 4) is 0 Å². The van der Waals surface area contributed by atoms with Crippen LogP contribution in [-0.4, -0.2) is 70.9 Å². The number of carboxylic acid groups (broad SMARTS) is 1. The number of amides is 2. The summed E-state index contributed by atoms with van der Waals surface area (Å²) < 4.78 is 5.08. The molecule has 1 saturated carbocycles. The molecular formula is C13H22N2O4S. The van der Waals surface area contributed by atoms with Crippen molar-refractivity contribution in [1.82, 2.24) is 9.80 Å². The number of thioether (sulfide) groups is 1. The summed E-state index contributed by atoms with van der Waals surface area (Å²) in [4.78, 5) is 27.1. The van der Waals surface area contributed by atoms with Crippen LogP contribution in [0.5, 0.6) is 0 Å². The van der Waals surface area contributed by atoms with Crippen molar-refractivity contribution >= 4 is 23.8 Å². The maximum atomic E-state index is 12.7. The predicted molar refractivity (Wildman–Crippen MR) is 76.8 cm³/mol. The van der Waals surface area contributed by atoms with Gasteiger partial charge in [-0.3, -0.25) is 0 Å². The zero-order valence-corrected chi connectivity index (χ0v) is 12.8. The highest BCUT2D eigenvalue weighted by Gasteiger charge is 2.40. The van der Waals surface area contributed by atoms with E-state index in [0.29, 0.717) is 30.7 Å². The van der Waals surface area contributed by atoms with Crippen LogP contribution in [-0.2, 0) is 9.53 Å². The van der Waals surface area contributed by atoms with Crippen LogP contribution in [0.2, 0.25) is 0 Å². The molecule has 114 valence electrons. The van der Waals surface area contributed by atoms with E-state index in [4.69, 9.17) is 4.74 Å². The van der Waals surface area contributed by atoms with E-state index in [0.717, 1.165) is 12.8 Å². The summed E-state index contributed by atoms with van der Waals surface area (Å²) in [5.41, 5.74) is 0. The summed E-state index contributed by atoms with van der Waals surface area (Å²) >= 11 is 1.49. The van der Waals surface area contributed by atoms with Crippen molar-refractivity contribution in [3.05, 3.63) is 0 Å². The van der Waals surface area contributed by atoms with E-state index in [1.165, 1.54) is 16.7 Å². The number of ether oxygens (including phenoxy) is 1. The van der Waals surface area contributed by atoms with Gasteiger partial charge in [0.25, 0.3) is 0 Å². The number of methoxy groups -OCH3 is 1. The molecule has 2 rings (SSSR count). The van der Waals surface area contributed by atoms with E-state index < -0.39 is 12.0 Å². The Balaban J connectivity index is 2.06. The Bertz CT molecular complexity index is 375. The SMILES string of the molecule is COCCN(C(=O)N1CSC[C@H]1C(=O)O)C(C)C1CC1. The minimum absolute atomic E-state index is 0.151. The standard InChI is InChI=1S/C13H22N2O4S/c1-9(10-3-4-10)14(5-6-19-2)13(18)15-8-20-7-11(15)12(16)17/h9-11H,3-8H2,1-2H3,(H,16,17)/t9?,11-/m0/s1. The zero-order valence-electron chi connectivity index (χ0n) is 11.9. The lowest BCUT2D eigenvalue weighted by atomic mass is 10.2. The maximum absolute atomic E-state index is 12.7. The normalized spacial score (nSPS) is 23.7. The molecule has 0 radical (unpaired) electrons. The number of nitrogens with zero attached hydrogens (tertiary/aromatic N) is 2. The summed E-state index contributed by atoms with van der Waals surface area (Å²) in [6, 6.07) is -0.722. The second kappa shape index (κ2) is 6.67. The third kappa shape index (κ3) is 3.38. The van der Waals surface area contributed by atoms with Gasteiger partial charge < -0.3 is 19.6 Å². The second-order valence-corrected chi connectivity index (χ2v) is 6.37. The Morgan fingerprint density at radius 2 is 2.20 bits per heavy atom. The van der Waals surface area contributed by atoms with Gasteiger partial charge in [0.1, 0.15) is 6.04 Å². The molecule has 0 aromatic heterocycles. The molecule has 1 saturated heterocycles. The van der Waals surface area contributed by atoms with Crippen LogP contribution in [0.25, 0.3) is 0 Å². The van der Waals surface area contributed by atoms with Crippen LogP contribution in [0.4, 0.5) is 4.79 Å². The van der Waals surface area contributed by atoms with Crippen LogP contribution >= 0.6 is 11.8 Å². The molecule has 20 heavy (non-hydrogen) atoms. The molecular weight excluding hydrogens is 280 g/mol. The predicted octanol–water partition coefficient (Wildman–Crippen LogP) is 1.31. The maximum Gasteiger partial charge on any atom is 0.327 e. The van der Waals surface area contributed by atoms with Crippen molar-refractivity contribution in [2.75, 3.05) is 31.9 Å². The van der Waals surface area contributed by atoms with Crippen molar-refractivity contribution in [2.45, 2.75) is 31.8 Å². The quantitative estimate of drug-likeness (QED) is 0.801. The van der Waals surface area contributed by atoms with E-state index >= 15 is 0 Å². The van der Waals surface area contributed by atoms with Crippen LogP contribution in [0.1, 0.15) is 19.8 Å². The molecule has 6 nitrogen and oxygen atoms in total. The number of carbonyl (C=O) groups excluding carboxylic acids is 1. The van der Waals surface area contributed by atoms with Crippen LogP contribution in [0.15, 0.2) is 0 Å². The summed E-state index contributed by atoms with van der Waals surface area (Å²) in [6.07, 6.45) is 2.30. The minimum Gasteiger partial charge on any atom is -0.480 e. The van der Waals surface area contributed by atoms with Gasteiger partial charge in [-0.05, 0) is 25.7 Å². The molecule has 1 N–H and O–H groups in total. The van der Waals surface area contributed by atoms with Gasteiger partial charge in [-0.15, -0.1) is 11.8 Å². The average Bonchev–Trinajstić information content (AvgIpc) is 3.15. The fourth-order valence-corrected chi connectivity index (χ4v) is 3.64. The molecule has 1 unspecified atom stereocenters. The molecule has 2 amide bonds. The largest absolute Gasteiger partial charge is 0.480 e. The molecule has 0 aromatic rings. The first-order valence-corrected chi connectivity index (χ1v) is 8.08. The molecule has 7 heteroatoms. The van der Waals surface area contributed by atoms with Gasteiger partial charge in [0.15, 0.2) is 0 Å². The van der Waals surface area contributed by atoms with Crippen LogP contribution in [0, 0.1) is 5.92 Å². The molecule has 2 aliphatic rings. The van der Waals surface area contributed by atoms with Crippen LogP contribution in [0.3, 0.4) is 0 Å². The zero-order chi connectivity index (χ0) is 14.7. The number of urea groups is 1. The number of hydrogen-bond acceptors (Lipinski definition) is 4. The highest BCUT2D eigenvalue weighted by Crippen LogP contribution is 2.36. The summed E-state index contributed by atoms with van der Waals surface area (Å²) in [6.45, 7) is 3.03. The lowest BCUT2D eigenvalue weighted by Crippen LogP contribution is -2.52. The highest BCUT2D eigenvalue weighted by molar-refractivity contribution is 7.99. The molecule has 1 aliphatic carbocycles. The summed E-state index contributed by atoms with van der Waals surface area (Å²) in [5, 5.41) is 9.20. The average molecular weight is 302 g/mol. The lowest BCUT2D eigenvalue weighted by Gasteiger charge is -2.34. The molecule has 0 aromatic carbocycles. The van der Waals surface area contributed by atoms with Gasteiger partial charge in [-0.1, -0.05) is 0 Å². The summed E-state index contributed by atoms with van der Waals surface area (Å²) in [5.74, 6) is 0.552. The molecule has 1 heterocycles. The number of hydrogen-bond donors (Lipinski definition) is 1. The fourth-order valence-electron chi connectivity index (χ4n) is 2.50. The smallest absolute Gasteiger partial charge is 0.327 e. The van der Waals surface area contributed by atoms with Crippen molar-refractivity contribution in [2.24, 2.45) is 5.92 Å². The number of aliphatic carboxylic acids is 1. The summed E-state index contributed by atoms with van der Waals surface area (Å²) in [7, 11) is 1.61. The first-order valence-electron chi connectivity index (χ1n) is 6.93. The van der Waals surface area contributed by atoms with Crippen molar-refractivity contribution in [1.29, 1.82) is 0 Å². The Morgan fingerprint density at radius 3 is 2.75 bits per heavy atom. The van der Waals surface area contributed by atoms with Gasteiger partial charge >= 0.3 is 12.0 Å². The number of carbonyl (C=O) groups is 2. The van der Waals surface area contributed by atoms with Gasteiger partial charge in [-0.2, -0.15) is 0 Å². The van der Waals surface area contributed by atoms with Crippen LogP contribution < -0.4 is 0 Å². The first-order chi connectivity index (χ1) is 9.56. The molecule has 2 fully saturated rings. The van der Waals surface area contributed by atoms with E-state index in [2.05, 4.69) is 0 Å². The van der Waals surface area contributed by atoms with Crippen molar-refractivity contribution < 1.29 is 19.4 Å². The highest BCUT2D eigenvalue weighted by atomic mass is 32.2. The van der Waals surface area contributed by atoms with Crippen molar-refractivity contribution in [3.63, 3.8) is 0 Å². The molecule has 0 spiro atoms.